The predicted octanol–water partition coefficient (Wildman–Crippen LogP) is 1.57. The van der Waals surface area contributed by atoms with E-state index in [9.17, 15) is 9.59 Å². The SMILES string of the molecule is COc1ccc(CC(=O)NNC(=O)C2CCN(c3ccc(C#N)cn3)CC2)cc1. The number of rotatable bonds is 5. The molecule has 8 nitrogen and oxygen atoms in total. The third-order valence-electron chi connectivity index (χ3n) is 4.92. The standard InChI is InChI=1S/C21H23N5O3/c1-29-18-5-2-15(3-6-18)12-20(27)24-25-21(28)17-8-10-26(11-9-17)19-7-4-16(13-22)14-23-19/h2-7,14,17H,8-12H2,1H3,(H,24,27)(H,25,28). The zero-order valence-corrected chi connectivity index (χ0v) is 16.2. The van der Waals surface area contributed by atoms with Crippen LogP contribution in [0.5, 0.6) is 5.75 Å². The lowest BCUT2D eigenvalue weighted by Gasteiger charge is -2.32. The highest BCUT2D eigenvalue weighted by Crippen LogP contribution is 2.22. The van der Waals surface area contributed by atoms with E-state index in [1.807, 2.05) is 24.3 Å². The molecule has 1 aromatic heterocycles. The average molecular weight is 393 g/mol. The van der Waals surface area contributed by atoms with Gasteiger partial charge in [0.2, 0.25) is 11.8 Å². The number of nitriles is 1. The Bertz CT molecular complexity index is 882. The first-order valence-electron chi connectivity index (χ1n) is 9.42. The summed E-state index contributed by atoms with van der Waals surface area (Å²) in [6, 6.07) is 12.8. The second-order valence-electron chi connectivity index (χ2n) is 6.84. The molecule has 0 aliphatic carbocycles. The number of benzene rings is 1. The zero-order chi connectivity index (χ0) is 20.6. The van der Waals surface area contributed by atoms with Crippen molar-refractivity contribution in [3.05, 3.63) is 53.7 Å². The Balaban J connectivity index is 1.42. The van der Waals surface area contributed by atoms with Crippen LogP contribution in [-0.4, -0.2) is 37.0 Å². The van der Waals surface area contributed by atoms with Crippen molar-refractivity contribution in [3.63, 3.8) is 0 Å². The molecule has 1 aromatic carbocycles. The first kappa shape index (κ1) is 20.1. The van der Waals surface area contributed by atoms with Gasteiger partial charge in [-0.1, -0.05) is 12.1 Å². The largest absolute Gasteiger partial charge is 0.497 e. The fourth-order valence-electron chi connectivity index (χ4n) is 3.22. The van der Waals surface area contributed by atoms with Gasteiger partial charge in [0.15, 0.2) is 0 Å². The normalized spacial score (nSPS) is 14.0. The Morgan fingerprint density at radius 1 is 1.17 bits per heavy atom. The van der Waals surface area contributed by atoms with Crippen molar-refractivity contribution in [2.45, 2.75) is 19.3 Å². The molecule has 1 aliphatic heterocycles. The molecule has 2 amide bonds. The first-order valence-corrected chi connectivity index (χ1v) is 9.42. The molecule has 1 aliphatic rings. The van der Waals surface area contributed by atoms with Crippen molar-refractivity contribution in [1.82, 2.24) is 15.8 Å². The molecule has 8 heteroatoms. The van der Waals surface area contributed by atoms with Crippen molar-refractivity contribution >= 4 is 17.6 Å². The summed E-state index contributed by atoms with van der Waals surface area (Å²) in [5.74, 6) is 0.912. The van der Waals surface area contributed by atoms with E-state index in [-0.39, 0.29) is 24.2 Å². The third kappa shape index (κ3) is 5.45. The molecular formula is C21H23N5O3. The number of aromatic nitrogens is 1. The van der Waals surface area contributed by atoms with Gasteiger partial charge in [0.25, 0.3) is 0 Å². The van der Waals surface area contributed by atoms with Crippen LogP contribution in [0, 0.1) is 17.2 Å². The molecule has 2 aromatic rings. The van der Waals surface area contributed by atoms with Crippen molar-refractivity contribution in [2.75, 3.05) is 25.1 Å². The summed E-state index contributed by atoms with van der Waals surface area (Å²) in [5, 5.41) is 8.85. The number of hydrazine groups is 1. The van der Waals surface area contributed by atoms with Crippen molar-refractivity contribution in [3.8, 4) is 11.8 Å². The lowest BCUT2D eigenvalue weighted by atomic mass is 9.96. The molecule has 1 fully saturated rings. The topological polar surface area (TPSA) is 107 Å². The van der Waals surface area contributed by atoms with E-state index in [0.717, 1.165) is 17.1 Å². The van der Waals surface area contributed by atoms with Crippen LogP contribution in [0.25, 0.3) is 0 Å². The quantitative estimate of drug-likeness (QED) is 0.747. The van der Waals surface area contributed by atoms with E-state index in [2.05, 4.69) is 20.7 Å². The molecule has 3 rings (SSSR count). The minimum Gasteiger partial charge on any atom is -0.497 e. The number of anilines is 1. The van der Waals surface area contributed by atoms with Crippen LogP contribution in [-0.2, 0) is 16.0 Å². The van der Waals surface area contributed by atoms with Gasteiger partial charge < -0.3 is 9.64 Å². The van der Waals surface area contributed by atoms with Crippen LogP contribution in [0.15, 0.2) is 42.6 Å². The molecule has 0 bridgehead atoms. The van der Waals surface area contributed by atoms with Gasteiger partial charge in [0.05, 0.1) is 19.1 Å². The maximum Gasteiger partial charge on any atom is 0.242 e. The monoisotopic (exact) mass is 393 g/mol. The third-order valence-corrected chi connectivity index (χ3v) is 4.92. The molecule has 0 radical (unpaired) electrons. The number of pyridine rings is 1. The maximum atomic E-state index is 12.4. The number of hydrogen-bond donors (Lipinski definition) is 2. The zero-order valence-electron chi connectivity index (χ0n) is 16.2. The van der Waals surface area contributed by atoms with Crippen LogP contribution in [0.1, 0.15) is 24.0 Å². The Hall–Kier alpha value is -3.60. The van der Waals surface area contributed by atoms with Gasteiger partial charge >= 0.3 is 0 Å². The number of carbonyl (C=O) groups excluding carboxylic acids is 2. The van der Waals surface area contributed by atoms with E-state index in [1.165, 1.54) is 0 Å². The number of nitrogens with zero attached hydrogens (tertiary/aromatic N) is 3. The van der Waals surface area contributed by atoms with Crippen molar-refractivity contribution in [2.24, 2.45) is 5.92 Å². The van der Waals surface area contributed by atoms with E-state index < -0.39 is 0 Å². The lowest BCUT2D eigenvalue weighted by molar-refractivity contribution is -0.131. The highest BCUT2D eigenvalue weighted by Gasteiger charge is 2.25. The van der Waals surface area contributed by atoms with E-state index in [4.69, 9.17) is 10.00 Å². The van der Waals surface area contributed by atoms with Crippen LogP contribution in [0.4, 0.5) is 5.82 Å². The van der Waals surface area contributed by atoms with Crippen LogP contribution in [0.2, 0.25) is 0 Å². The minimum absolute atomic E-state index is 0.161. The van der Waals surface area contributed by atoms with Crippen LogP contribution < -0.4 is 20.5 Å². The molecule has 0 saturated carbocycles. The van der Waals surface area contributed by atoms with Crippen molar-refractivity contribution in [1.29, 1.82) is 5.26 Å². The number of carbonyl (C=O) groups is 2. The predicted molar refractivity (Wildman–Crippen MR) is 107 cm³/mol. The molecule has 0 unspecified atom stereocenters. The fraction of sp³-hybridized carbons (Fsp3) is 0.333. The number of nitrogens with one attached hydrogen (secondary N) is 2. The number of hydrogen-bond acceptors (Lipinski definition) is 6. The number of ether oxygens (including phenoxy) is 1. The van der Waals surface area contributed by atoms with Gasteiger partial charge in [-0.05, 0) is 42.7 Å². The molecule has 0 atom stereocenters. The lowest BCUT2D eigenvalue weighted by Crippen LogP contribution is -2.47. The van der Waals surface area contributed by atoms with Crippen LogP contribution in [0.3, 0.4) is 0 Å². The van der Waals surface area contributed by atoms with Gasteiger partial charge in [0.1, 0.15) is 17.6 Å². The van der Waals surface area contributed by atoms with Gasteiger partial charge in [-0.15, -0.1) is 0 Å². The smallest absolute Gasteiger partial charge is 0.242 e. The maximum absolute atomic E-state index is 12.4. The summed E-state index contributed by atoms with van der Waals surface area (Å²) in [4.78, 5) is 30.8. The summed E-state index contributed by atoms with van der Waals surface area (Å²) in [6.07, 6.45) is 3.06. The first-order chi connectivity index (χ1) is 14.1. The molecule has 2 heterocycles. The van der Waals surface area contributed by atoms with E-state index in [1.54, 1.807) is 31.5 Å². The average Bonchev–Trinajstić information content (AvgIpc) is 2.78. The van der Waals surface area contributed by atoms with Crippen LogP contribution >= 0.6 is 0 Å². The second-order valence-corrected chi connectivity index (χ2v) is 6.84. The fourth-order valence-corrected chi connectivity index (χ4v) is 3.22. The van der Waals surface area contributed by atoms with E-state index in [0.29, 0.717) is 31.5 Å². The summed E-state index contributed by atoms with van der Waals surface area (Å²) < 4.78 is 5.09. The Labute approximate surface area is 169 Å². The number of methoxy groups -OCH3 is 1. The van der Waals surface area contributed by atoms with Gasteiger partial charge in [-0.25, -0.2) is 4.98 Å². The summed E-state index contributed by atoms with van der Waals surface area (Å²) in [6.45, 7) is 1.38. The Kier molecular flexibility index (Phi) is 6.63. The molecule has 1 saturated heterocycles. The molecular weight excluding hydrogens is 370 g/mol. The molecule has 150 valence electrons. The van der Waals surface area contributed by atoms with Crippen molar-refractivity contribution < 1.29 is 14.3 Å². The highest BCUT2D eigenvalue weighted by atomic mass is 16.5. The molecule has 2 N–H and O–H groups in total. The van der Waals surface area contributed by atoms with Gasteiger partial charge in [0, 0.05) is 25.2 Å². The number of piperidine rings is 1. The minimum atomic E-state index is -0.275. The Morgan fingerprint density at radius 3 is 2.48 bits per heavy atom. The molecule has 0 spiro atoms. The Morgan fingerprint density at radius 2 is 1.90 bits per heavy atom. The van der Waals surface area contributed by atoms with E-state index >= 15 is 0 Å². The number of amides is 2. The summed E-state index contributed by atoms with van der Waals surface area (Å²) in [5.41, 5.74) is 6.37. The highest BCUT2D eigenvalue weighted by molar-refractivity contribution is 5.84. The molecule has 29 heavy (non-hydrogen) atoms. The summed E-state index contributed by atoms with van der Waals surface area (Å²) >= 11 is 0. The summed E-state index contributed by atoms with van der Waals surface area (Å²) in [7, 11) is 1.59. The van der Waals surface area contributed by atoms with Gasteiger partial charge in [-0.2, -0.15) is 5.26 Å². The second kappa shape index (κ2) is 9.55. The van der Waals surface area contributed by atoms with Gasteiger partial charge in [-0.3, -0.25) is 20.4 Å².